The zero-order valence-corrected chi connectivity index (χ0v) is 11.1. The lowest BCUT2D eigenvalue weighted by Gasteiger charge is -2.29. The molecule has 0 aliphatic carbocycles. The first-order chi connectivity index (χ1) is 9.64. The number of rotatable bonds is 7. The van der Waals surface area contributed by atoms with Gasteiger partial charge in [-0.15, -0.1) is 0 Å². The molecule has 2 heterocycles. The second-order valence-corrected chi connectivity index (χ2v) is 4.91. The molecular weight excluding hydrogens is 262 g/mol. The Hall–Kier alpha value is -1.77. The van der Waals surface area contributed by atoms with E-state index in [4.69, 9.17) is 10.8 Å². The quantitative estimate of drug-likeness (QED) is 0.520. The largest absolute Gasteiger partial charge is 0.396 e. The van der Waals surface area contributed by atoms with Crippen LogP contribution in [-0.2, 0) is 6.54 Å². The summed E-state index contributed by atoms with van der Waals surface area (Å²) in [5, 5.41) is 28.0. The second kappa shape index (κ2) is 6.12. The summed E-state index contributed by atoms with van der Waals surface area (Å²) in [4.78, 5) is 12.2. The molecular formula is C12H19N5O3. The van der Waals surface area contributed by atoms with Gasteiger partial charge in [0.25, 0.3) is 0 Å². The molecule has 0 radical (unpaired) electrons. The van der Waals surface area contributed by atoms with Crippen molar-refractivity contribution in [3.05, 3.63) is 12.5 Å². The number of anilines is 1. The molecule has 8 nitrogen and oxygen atoms in total. The van der Waals surface area contributed by atoms with Gasteiger partial charge in [-0.05, 0) is 12.8 Å². The fourth-order valence-corrected chi connectivity index (χ4v) is 2.12. The van der Waals surface area contributed by atoms with Crippen LogP contribution in [0.3, 0.4) is 0 Å². The Labute approximate surface area is 115 Å². The van der Waals surface area contributed by atoms with Crippen LogP contribution in [0.5, 0.6) is 0 Å². The summed E-state index contributed by atoms with van der Waals surface area (Å²) in [6.45, 7) is 0.0522. The Morgan fingerprint density at radius 3 is 2.55 bits per heavy atom. The number of fused-ring (bicyclic) bond motifs is 1. The molecule has 0 aromatic carbocycles. The number of hydrogen-bond acceptors (Lipinski definition) is 7. The highest BCUT2D eigenvalue weighted by Gasteiger charge is 2.28. The van der Waals surface area contributed by atoms with E-state index >= 15 is 0 Å². The van der Waals surface area contributed by atoms with Crippen LogP contribution in [0.15, 0.2) is 12.5 Å². The van der Waals surface area contributed by atoms with Gasteiger partial charge < -0.3 is 25.6 Å². The van der Waals surface area contributed by atoms with Crippen molar-refractivity contribution in [3.63, 3.8) is 0 Å². The summed E-state index contributed by atoms with van der Waals surface area (Å²) in [5.74, 6) is 0.171. The van der Waals surface area contributed by atoms with E-state index in [0.717, 1.165) is 0 Å². The molecule has 0 fully saturated rings. The van der Waals surface area contributed by atoms with Gasteiger partial charge in [0, 0.05) is 18.6 Å². The van der Waals surface area contributed by atoms with Crippen molar-refractivity contribution in [1.82, 2.24) is 19.5 Å². The lowest BCUT2D eigenvalue weighted by Crippen LogP contribution is -2.32. The van der Waals surface area contributed by atoms with Crippen LogP contribution in [-0.4, -0.2) is 54.7 Å². The number of aromatic nitrogens is 4. The summed E-state index contributed by atoms with van der Waals surface area (Å²) in [5.41, 5.74) is 6.11. The smallest absolute Gasteiger partial charge is 0.222 e. The number of aliphatic hydroxyl groups excluding tert-OH is 3. The fraction of sp³-hybridized carbons (Fsp3) is 0.583. The summed E-state index contributed by atoms with van der Waals surface area (Å²) < 4.78 is 1.80. The molecule has 2 aromatic rings. The summed E-state index contributed by atoms with van der Waals surface area (Å²) in [6.07, 6.45) is 4.00. The van der Waals surface area contributed by atoms with E-state index in [1.807, 2.05) is 0 Å². The van der Waals surface area contributed by atoms with Gasteiger partial charge in [-0.25, -0.2) is 9.97 Å². The highest BCUT2D eigenvalue weighted by molar-refractivity contribution is 5.70. The highest BCUT2D eigenvalue weighted by Crippen LogP contribution is 2.26. The van der Waals surface area contributed by atoms with E-state index in [9.17, 15) is 10.2 Å². The van der Waals surface area contributed by atoms with Gasteiger partial charge in [0.1, 0.15) is 5.52 Å². The lowest BCUT2D eigenvalue weighted by atomic mass is 9.83. The summed E-state index contributed by atoms with van der Waals surface area (Å²) in [7, 11) is 0. The molecule has 0 aliphatic rings. The first-order valence-corrected chi connectivity index (χ1v) is 6.40. The molecule has 0 bridgehead atoms. The van der Waals surface area contributed by atoms with Crippen LogP contribution in [0, 0.1) is 5.41 Å². The molecule has 0 saturated carbocycles. The molecule has 0 amide bonds. The molecule has 0 atom stereocenters. The van der Waals surface area contributed by atoms with E-state index in [0.29, 0.717) is 30.6 Å². The van der Waals surface area contributed by atoms with Crippen LogP contribution in [0.25, 0.3) is 11.2 Å². The first kappa shape index (κ1) is 14.6. The standard InChI is InChI=1S/C12H19N5O3/c13-11-14-5-9-10(16-11)17(8-15-9)3-1-12(6-19,7-20)2-4-18/h5,8,18-20H,1-4,6-7H2,(H2,13,14,16). The number of hydrogen-bond donors (Lipinski definition) is 4. The van der Waals surface area contributed by atoms with Crippen LogP contribution in [0.2, 0.25) is 0 Å². The highest BCUT2D eigenvalue weighted by atomic mass is 16.3. The zero-order chi connectivity index (χ0) is 14.6. The average Bonchev–Trinajstić information content (AvgIpc) is 2.86. The predicted octanol–water partition coefficient (Wildman–Crippen LogP) is -0.848. The van der Waals surface area contributed by atoms with Gasteiger partial charge in [0.05, 0.1) is 25.7 Å². The zero-order valence-electron chi connectivity index (χ0n) is 11.1. The van der Waals surface area contributed by atoms with Crippen molar-refractivity contribution in [2.24, 2.45) is 5.41 Å². The van der Waals surface area contributed by atoms with Crippen molar-refractivity contribution in [1.29, 1.82) is 0 Å². The Morgan fingerprint density at radius 2 is 1.90 bits per heavy atom. The maximum absolute atomic E-state index is 9.45. The molecule has 20 heavy (non-hydrogen) atoms. The van der Waals surface area contributed by atoms with Crippen LogP contribution < -0.4 is 5.73 Å². The Balaban J connectivity index is 2.17. The van der Waals surface area contributed by atoms with Crippen molar-refractivity contribution in [2.75, 3.05) is 25.6 Å². The minimum absolute atomic E-state index is 0.0824. The van der Waals surface area contributed by atoms with E-state index in [2.05, 4.69) is 15.0 Å². The number of nitrogen functional groups attached to an aromatic ring is 1. The predicted molar refractivity (Wildman–Crippen MR) is 72.7 cm³/mol. The molecule has 110 valence electrons. The third-order valence-corrected chi connectivity index (χ3v) is 3.57. The van der Waals surface area contributed by atoms with E-state index in [1.165, 1.54) is 0 Å². The topological polar surface area (TPSA) is 130 Å². The molecule has 5 N–H and O–H groups in total. The van der Waals surface area contributed by atoms with Gasteiger partial charge in [0.15, 0.2) is 5.65 Å². The van der Waals surface area contributed by atoms with Gasteiger partial charge >= 0.3 is 0 Å². The van der Waals surface area contributed by atoms with Gasteiger partial charge in [-0.3, -0.25) is 0 Å². The fourth-order valence-electron chi connectivity index (χ4n) is 2.12. The third-order valence-electron chi connectivity index (χ3n) is 3.57. The second-order valence-electron chi connectivity index (χ2n) is 4.91. The molecule has 0 saturated heterocycles. The average molecular weight is 281 g/mol. The van der Waals surface area contributed by atoms with Crippen molar-refractivity contribution in [3.8, 4) is 0 Å². The molecule has 0 aliphatic heterocycles. The third kappa shape index (κ3) is 2.87. The van der Waals surface area contributed by atoms with Crippen molar-refractivity contribution >= 4 is 17.1 Å². The number of aliphatic hydroxyl groups is 3. The van der Waals surface area contributed by atoms with Crippen LogP contribution in [0.4, 0.5) is 5.95 Å². The Morgan fingerprint density at radius 1 is 1.15 bits per heavy atom. The molecule has 2 aromatic heterocycles. The maximum Gasteiger partial charge on any atom is 0.222 e. The normalized spacial score (nSPS) is 12.2. The minimum Gasteiger partial charge on any atom is -0.396 e. The SMILES string of the molecule is Nc1ncc2ncn(CCC(CO)(CO)CCO)c2n1. The lowest BCUT2D eigenvalue weighted by molar-refractivity contribution is 0.0226. The minimum atomic E-state index is -0.704. The number of aryl methyl sites for hydroxylation is 1. The van der Waals surface area contributed by atoms with E-state index in [1.54, 1.807) is 17.1 Å². The summed E-state index contributed by atoms with van der Waals surface area (Å²) in [6, 6.07) is 0. The molecule has 2 rings (SSSR count). The first-order valence-electron chi connectivity index (χ1n) is 6.40. The number of nitrogens with two attached hydrogens (primary N) is 1. The van der Waals surface area contributed by atoms with Crippen molar-refractivity contribution < 1.29 is 15.3 Å². The van der Waals surface area contributed by atoms with Crippen LogP contribution in [0.1, 0.15) is 12.8 Å². The van der Waals surface area contributed by atoms with Gasteiger partial charge in [-0.1, -0.05) is 0 Å². The number of nitrogens with zero attached hydrogens (tertiary/aromatic N) is 4. The maximum atomic E-state index is 9.45. The van der Waals surface area contributed by atoms with E-state index in [-0.39, 0.29) is 25.8 Å². The van der Waals surface area contributed by atoms with Crippen LogP contribution >= 0.6 is 0 Å². The monoisotopic (exact) mass is 281 g/mol. The van der Waals surface area contributed by atoms with Gasteiger partial charge in [-0.2, -0.15) is 4.98 Å². The summed E-state index contributed by atoms with van der Waals surface area (Å²) >= 11 is 0. The van der Waals surface area contributed by atoms with E-state index < -0.39 is 5.41 Å². The number of imidazole rings is 1. The molecule has 8 heteroatoms. The Kier molecular flexibility index (Phi) is 4.48. The Bertz CT molecular complexity index is 567. The van der Waals surface area contributed by atoms with Gasteiger partial charge in [0.2, 0.25) is 5.95 Å². The molecule has 0 unspecified atom stereocenters. The molecule has 0 spiro atoms. The van der Waals surface area contributed by atoms with Crippen molar-refractivity contribution in [2.45, 2.75) is 19.4 Å².